The fraction of sp³-hybridized carbons (Fsp3) is 0.467. The van der Waals surface area contributed by atoms with Crippen LogP contribution in [0.15, 0.2) is 30.3 Å². The van der Waals surface area contributed by atoms with Crippen LogP contribution in [0.4, 0.5) is 0 Å². The lowest BCUT2D eigenvalue weighted by Crippen LogP contribution is -2.26. The molecule has 1 aromatic carbocycles. The second-order valence-corrected chi connectivity index (χ2v) is 3.92. The van der Waals surface area contributed by atoms with Gasteiger partial charge in [-0.25, -0.2) is 0 Å². The third kappa shape index (κ3) is 5.04. The molecule has 0 bridgehead atoms. The predicted octanol–water partition coefficient (Wildman–Crippen LogP) is 2.87. The highest BCUT2D eigenvalue weighted by molar-refractivity contribution is 5.33. The summed E-state index contributed by atoms with van der Waals surface area (Å²) in [5.41, 5.74) is 1.06. The molecular weight excluding hydrogens is 212 g/mol. The fourth-order valence-corrected chi connectivity index (χ4v) is 1.60. The quantitative estimate of drug-likeness (QED) is 0.727. The van der Waals surface area contributed by atoms with Crippen molar-refractivity contribution in [2.24, 2.45) is 0 Å². The summed E-state index contributed by atoms with van der Waals surface area (Å²) in [6.07, 6.45) is 1.94. The Hall–Kier alpha value is -1.30. The zero-order valence-electron chi connectivity index (χ0n) is 10.8. The Morgan fingerprint density at radius 1 is 1.12 bits per heavy atom. The molecule has 2 atom stereocenters. The Morgan fingerprint density at radius 3 is 2.41 bits per heavy atom. The summed E-state index contributed by atoms with van der Waals surface area (Å²) in [6.45, 7) is 2.01. The highest BCUT2D eigenvalue weighted by Gasteiger charge is 2.14. The van der Waals surface area contributed by atoms with Crippen LogP contribution in [-0.2, 0) is 9.47 Å². The van der Waals surface area contributed by atoms with E-state index in [4.69, 9.17) is 9.47 Å². The van der Waals surface area contributed by atoms with Gasteiger partial charge in [0, 0.05) is 26.2 Å². The minimum absolute atomic E-state index is 0.110. The number of hydrogen-bond acceptors (Lipinski definition) is 2. The zero-order valence-corrected chi connectivity index (χ0v) is 10.8. The normalized spacial score (nSPS) is 13.6. The van der Waals surface area contributed by atoms with E-state index in [1.54, 1.807) is 14.2 Å². The summed E-state index contributed by atoms with van der Waals surface area (Å²) in [5, 5.41) is 0. The van der Waals surface area contributed by atoms with Crippen LogP contribution in [-0.4, -0.2) is 26.4 Å². The zero-order chi connectivity index (χ0) is 12.5. The topological polar surface area (TPSA) is 18.5 Å². The minimum Gasteiger partial charge on any atom is -0.379 e. The van der Waals surface area contributed by atoms with Crippen LogP contribution in [0.25, 0.3) is 0 Å². The van der Waals surface area contributed by atoms with Crippen LogP contribution < -0.4 is 0 Å². The molecule has 1 rings (SSSR count). The minimum atomic E-state index is 0.110. The van der Waals surface area contributed by atoms with E-state index >= 15 is 0 Å². The highest BCUT2D eigenvalue weighted by atomic mass is 16.5. The molecule has 92 valence electrons. The number of benzene rings is 1. The lowest BCUT2D eigenvalue weighted by atomic mass is 10.1. The first-order chi connectivity index (χ1) is 8.27. The summed E-state index contributed by atoms with van der Waals surface area (Å²) in [7, 11) is 3.41. The molecule has 0 aromatic heterocycles. The summed E-state index contributed by atoms with van der Waals surface area (Å²) in [5.74, 6) is 6.29. The van der Waals surface area contributed by atoms with E-state index < -0.39 is 0 Å². The molecule has 0 saturated carbocycles. The molecule has 2 heteroatoms. The Balaban J connectivity index is 2.39. The van der Waals surface area contributed by atoms with Crippen molar-refractivity contribution >= 4 is 0 Å². The van der Waals surface area contributed by atoms with E-state index in [0.29, 0.717) is 0 Å². The van der Waals surface area contributed by atoms with Gasteiger partial charge in [-0.3, -0.25) is 0 Å². The summed E-state index contributed by atoms with van der Waals surface area (Å²) in [6, 6.07) is 10.0. The number of hydrogen-bond donors (Lipinski definition) is 0. The maximum absolute atomic E-state index is 5.36. The van der Waals surface area contributed by atoms with Crippen molar-refractivity contribution in [3.05, 3.63) is 35.9 Å². The molecule has 0 N–H and O–H groups in total. The standard InChI is InChI=1S/C15H20O2/c1-13(16-2)15(17-3)12-8-7-11-14-9-5-4-6-10-14/h4-6,9-10,13,15H,8,12H2,1-3H3. The van der Waals surface area contributed by atoms with E-state index in [9.17, 15) is 0 Å². The van der Waals surface area contributed by atoms with Crippen LogP contribution >= 0.6 is 0 Å². The third-order valence-electron chi connectivity index (χ3n) is 2.76. The molecule has 0 spiro atoms. The van der Waals surface area contributed by atoms with Gasteiger partial charge in [0.05, 0.1) is 12.2 Å². The van der Waals surface area contributed by atoms with Crippen molar-refractivity contribution in [1.82, 2.24) is 0 Å². The highest BCUT2D eigenvalue weighted by Crippen LogP contribution is 2.08. The number of ether oxygens (including phenoxy) is 2. The first-order valence-electron chi connectivity index (χ1n) is 5.87. The molecule has 0 fully saturated rings. The Kier molecular flexibility index (Phi) is 6.39. The average molecular weight is 232 g/mol. The molecular formula is C15H20O2. The van der Waals surface area contributed by atoms with E-state index in [0.717, 1.165) is 18.4 Å². The van der Waals surface area contributed by atoms with E-state index in [1.807, 2.05) is 37.3 Å². The summed E-state index contributed by atoms with van der Waals surface area (Å²) in [4.78, 5) is 0. The molecule has 0 saturated heterocycles. The summed E-state index contributed by atoms with van der Waals surface area (Å²) < 4.78 is 10.6. The van der Waals surface area contributed by atoms with Crippen LogP contribution in [0.2, 0.25) is 0 Å². The molecule has 17 heavy (non-hydrogen) atoms. The Labute approximate surface area is 104 Å². The number of rotatable bonds is 5. The van der Waals surface area contributed by atoms with Gasteiger partial charge in [-0.1, -0.05) is 30.0 Å². The molecule has 0 aliphatic heterocycles. The van der Waals surface area contributed by atoms with Crippen molar-refractivity contribution in [2.45, 2.75) is 32.0 Å². The third-order valence-corrected chi connectivity index (χ3v) is 2.76. The number of methoxy groups -OCH3 is 2. The molecule has 1 aromatic rings. The van der Waals surface area contributed by atoms with Crippen molar-refractivity contribution in [3.63, 3.8) is 0 Å². The molecule has 0 aliphatic carbocycles. The van der Waals surface area contributed by atoms with Gasteiger partial charge in [0.2, 0.25) is 0 Å². The lowest BCUT2D eigenvalue weighted by molar-refractivity contribution is -0.0290. The smallest absolute Gasteiger partial charge is 0.0839 e. The van der Waals surface area contributed by atoms with Crippen molar-refractivity contribution in [1.29, 1.82) is 0 Å². The second kappa shape index (κ2) is 7.89. The fourth-order valence-electron chi connectivity index (χ4n) is 1.60. The van der Waals surface area contributed by atoms with Crippen LogP contribution in [0.5, 0.6) is 0 Å². The largest absolute Gasteiger partial charge is 0.379 e. The van der Waals surface area contributed by atoms with Gasteiger partial charge < -0.3 is 9.47 Å². The second-order valence-electron chi connectivity index (χ2n) is 3.92. The van der Waals surface area contributed by atoms with E-state index in [-0.39, 0.29) is 12.2 Å². The maximum atomic E-state index is 5.36. The van der Waals surface area contributed by atoms with Gasteiger partial charge in [-0.05, 0) is 25.5 Å². The van der Waals surface area contributed by atoms with Gasteiger partial charge in [0.1, 0.15) is 0 Å². The van der Waals surface area contributed by atoms with E-state index in [1.165, 1.54) is 0 Å². The van der Waals surface area contributed by atoms with Crippen LogP contribution in [0.3, 0.4) is 0 Å². The van der Waals surface area contributed by atoms with Gasteiger partial charge in [0.25, 0.3) is 0 Å². The maximum Gasteiger partial charge on any atom is 0.0839 e. The SMILES string of the molecule is COC(C)C(CCC#Cc1ccccc1)OC. The van der Waals surface area contributed by atoms with E-state index in [2.05, 4.69) is 11.8 Å². The van der Waals surface area contributed by atoms with Gasteiger partial charge in [0.15, 0.2) is 0 Å². The molecule has 0 heterocycles. The van der Waals surface area contributed by atoms with Crippen LogP contribution in [0, 0.1) is 11.8 Å². The molecule has 2 nitrogen and oxygen atoms in total. The molecule has 0 aliphatic rings. The monoisotopic (exact) mass is 232 g/mol. The predicted molar refractivity (Wildman–Crippen MR) is 69.8 cm³/mol. The lowest BCUT2D eigenvalue weighted by Gasteiger charge is -2.20. The van der Waals surface area contributed by atoms with Gasteiger partial charge >= 0.3 is 0 Å². The average Bonchev–Trinajstić information content (AvgIpc) is 2.39. The molecule has 0 amide bonds. The van der Waals surface area contributed by atoms with Crippen molar-refractivity contribution < 1.29 is 9.47 Å². The Bertz CT molecular complexity index is 362. The summed E-state index contributed by atoms with van der Waals surface area (Å²) >= 11 is 0. The van der Waals surface area contributed by atoms with Crippen LogP contribution in [0.1, 0.15) is 25.3 Å². The Morgan fingerprint density at radius 2 is 1.82 bits per heavy atom. The van der Waals surface area contributed by atoms with Gasteiger partial charge in [-0.15, -0.1) is 0 Å². The molecule has 2 unspecified atom stereocenters. The van der Waals surface area contributed by atoms with Crippen molar-refractivity contribution in [3.8, 4) is 11.8 Å². The molecule has 0 radical (unpaired) electrons. The first kappa shape index (κ1) is 13.8. The van der Waals surface area contributed by atoms with Crippen molar-refractivity contribution in [2.75, 3.05) is 14.2 Å². The van der Waals surface area contributed by atoms with Gasteiger partial charge in [-0.2, -0.15) is 0 Å². The first-order valence-corrected chi connectivity index (χ1v) is 5.87.